The van der Waals surface area contributed by atoms with Crippen LogP contribution in [-0.4, -0.2) is 15.8 Å². The molecule has 0 saturated carbocycles. The van der Waals surface area contributed by atoms with Gasteiger partial charge in [-0.25, -0.2) is 0 Å². The van der Waals surface area contributed by atoms with Crippen LogP contribution in [0, 0.1) is 22.7 Å². The normalized spacial score (nSPS) is 14.2. The molecule has 0 amide bonds. The number of anilines is 6. The maximum atomic E-state index is 11.5. The number of hydrogen-bond acceptors (Lipinski definition) is 4. The summed E-state index contributed by atoms with van der Waals surface area (Å²) in [7, 11) is 0. The van der Waals surface area contributed by atoms with E-state index in [1.54, 1.807) is 6.07 Å². The van der Waals surface area contributed by atoms with Crippen LogP contribution < -0.4 is 26.2 Å². The van der Waals surface area contributed by atoms with E-state index in [1.165, 1.54) is 26.8 Å². The number of para-hydroxylation sites is 1. The fourth-order valence-corrected chi connectivity index (χ4v) is 15.3. The molecule has 101 heavy (non-hydrogen) atoms. The number of nitrogens with zero attached hydrogens (tertiary/aromatic N) is 6. The van der Waals surface area contributed by atoms with Crippen LogP contribution in [0.2, 0.25) is 0 Å². The van der Waals surface area contributed by atoms with Crippen LogP contribution in [0.1, 0.15) is 152 Å². The van der Waals surface area contributed by atoms with Gasteiger partial charge >= 0.3 is 0 Å². The Morgan fingerprint density at radius 3 is 1.38 bits per heavy atom. The van der Waals surface area contributed by atoms with Crippen molar-refractivity contribution in [2.45, 2.75) is 131 Å². The van der Waals surface area contributed by atoms with Gasteiger partial charge in [0.25, 0.3) is 6.71 Å². The van der Waals surface area contributed by atoms with Crippen LogP contribution in [0.15, 0.2) is 242 Å². The van der Waals surface area contributed by atoms with Gasteiger partial charge in [0.2, 0.25) is 0 Å². The topological polar surface area (TPSA) is 63.9 Å². The van der Waals surface area contributed by atoms with E-state index in [-0.39, 0.29) is 54.7 Å². The number of nitriles is 2. The smallest absolute Gasteiger partial charge is 0.252 e. The summed E-state index contributed by atoms with van der Waals surface area (Å²) < 4.78 is 69.8. The molecule has 16 rings (SSSR count). The molecule has 0 spiro atoms. The highest BCUT2D eigenvalue weighted by Gasteiger charge is 2.45. The molecule has 12 aromatic carbocycles. The standard InChI is InChI=1S/C94H85BN6/c1-90(2,3)66-33-40-81-76(50-66)77-51-67(91(4,5)6)34-41-82(77)98(81)72-36-38-79-86(55-72)99(71-35-31-62(57-97)84(54-71)101-80-29-23-22-28-74(80)75-42-58(56-96)30-39-83(75)101)87-52-70(94(13,14)15)53-88-89(87)95(79)78-37-32-61(65-44-68(92(7,8)9)49-69(45-65)93(10,11)12)48-85(78)100(88)73-46-63(59-24-18-16-19-25-59)43-64(47-73)60-26-20-17-21-27-60/h16-55H,1-15H3/i22D,23D,28D,29D,30D,39D,42D. The van der Waals surface area contributed by atoms with Gasteiger partial charge in [-0.2, -0.15) is 10.5 Å². The van der Waals surface area contributed by atoms with Gasteiger partial charge in [0.1, 0.15) is 6.07 Å². The van der Waals surface area contributed by atoms with E-state index < -0.39 is 60.0 Å². The molecule has 0 unspecified atom stereocenters. The van der Waals surface area contributed by atoms with E-state index in [1.807, 2.05) is 18.2 Å². The molecule has 7 heteroatoms. The molecule has 14 aromatic rings. The molecule has 0 radical (unpaired) electrons. The summed E-state index contributed by atoms with van der Waals surface area (Å²) >= 11 is 0. The van der Waals surface area contributed by atoms with Gasteiger partial charge in [-0.15, -0.1) is 0 Å². The Morgan fingerprint density at radius 1 is 0.327 bits per heavy atom. The second-order valence-corrected chi connectivity index (χ2v) is 32.9. The quantitative estimate of drug-likeness (QED) is 0.149. The zero-order chi connectivity index (χ0) is 76.7. The van der Waals surface area contributed by atoms with Crippen LogP contribution in [0.25, 0.3) is 88.4 Å². The summed E-state index contributed by atoms with van der Waals surface area (Å²) in [4.78, 5) is 4.78. The first-order valence-corrected chi connectivity index (χ1v) is 35.1. The molecule has 6 nitrogen and oxygen atoms in total. The van der Waals surface area contributed by atoms with E-state index in [2.05, 4.69) is 306 Å². The van der Waals surface area contributed by atoms with Crippen molar-refractivity contribution in [3.05, 3.63) is 281 Å². The van der Waals surface area contributed by atoms with Crippen molar-refractivity contribution in [3.63, 3.8) is 0 Å². The van der Waals surface area contributed by atoms with Crippen molar-refractivity contribution in [1.29, 1.82) is 10.5 Å². The molecule has 0 saturated heterocycles. The third-order valence-electron chi connectivity index (χ3n) is 20.9. The summed E-state index contributed by atoms with van der Waals surface area (Å²) in [5.74, 6) is 0. The van der Waals surface area contributed by atoms with Gasteiger partial charge < -0.3 is 18.9 Å². The molecule has 0 bridgehead atoms. The molecule has 2 aromatic heterocycles. The molecule has 0 fully saturated rings. The summed E-state index contributed by atoms with van der Waals surface area (Å²) in [6.45, 7) is 33.6. The Balaban J connectivity index is 1.06. The Morgan fingerprint density at radius 2 is 0.822 bits per heavy atom. The fourth-order valence-electron chi connectivity index (χ4n) is 15.3. The summed E-state index contributed by atoms with van der Waals surface area (Å²) in [5.41, 5.74) is 22.3. The van der Waals surface area contributed by atoms with Gasteiger partial charge in [0.15, 0.2) is 0 Å². The predicted molar refractivity (Wildman–Crippen MR) is 428 cm³/mol. The van der Waals surface area contributed by atoms with Crippen molar-refractivity contribution in [3.8, 4) is 56.9 Å². The molecular formula is C94H85BN6. The summed E-state index contributed by atoms with van der Waals surface area (Å²) in [6.07, 6.45) is 0. The van der Waals surface area contributed by atoms with Gasteiger partial charge in [-0.3, -0.25) is 0 Å². The van der Waals surface area contributed by atoms with Crippen molar-refractivity contribution in [2.75, 3.05) is 9.80 Å². The van der Waals surface area contributed by atoms with Crippen molar-refractivity contribution < 1.29 is 9.60 Å². The minimum atomic E-state index is -0.564. The Kier molecular flexibility index (Phi) is 13.1. The van der Waals surface area contributed by atoms with Gasteiger partial charge in [-0.05, 0) is 220 Å². The lowest BCUT2D eigenvalue weighted by Gasteiger charge is -2.45. The lowest BCUT2D eigenvalue weighted by molar-refractivity contribution is 0.569. The zero-order valence-electron chi connectivity index (χ0n) is 67.3. The third-order valence-corrected chi connectivity index (χ3v) is 20.9. The highest BCUT2D eigenvalue weighted by Crippen LogP contribution is 2.51. The fraction of sp³-hybridized carbons (Fsp3) is 0.213. The average molecular weight is 1320 g/mol. The van der Waals surface area contributed by atoms with Crippen molar-refractivity contribution in [2.24, 2.45) is 0 Å². The molecule has 2 aliphatic heterocycles. The number of aromatic nitrogens is 2. The average Bonchev–Trinajstić information content (AvgIpc) is 1.17. The molecular weight excluding hydrogens is 1220 g/mol. The van der Waals surface area contributed by atoms with Gasteiger partial charge in [0.05, 0.1) is 54.5 Å². The predicted octanol–water partition coefficient (Wildman–Crippen LogP) is 23.2. The van der Waals surface area contributed by atoms with E-state index >= 15 is 0 Å². The maximum Gasteiger partial charge on any atom is 0.252 e. The Labute approximate surface area is 605 Å². The Bertz CT molecular complexity index is 6120. The summed E-state index contributed by atoms with van der Waals surface area (Å²) in [6, 6.07) is 74.0. The highest BCUT2D eigenvalue weighted by molar-refractivity contribution is 7.00. The first-order chi connectivity index (χ1) is 51.0. The highest BCUT2D eigenvalue weighted by atomic mass is 15.2. The SMILES string of the molecule is [2H]c1c([2H])c([2H])c2c(c1[2H])c1c([2H])c(C#N)c([2H])c([2H])c1n2-c1cc(N2c3cc(-n4c5ccc(C(C)(C)C)cc5c5cc(C(C)(C)C)ccc54)ccc3B3c4ccc(-c5cc(C(C)(C)C)cc(C(C)(C)C)c5)cc4N(c4cc(-c5ccccc5)cc(-c5ccccc5)c4)c4cc(C(C)(C)C)cc2c43)ccc1C#N. The van der Waals surface area contributed by atoms with Gasteiger partial charge in [-0.1, -0.05) is 231 Å². The molecule has 494 valence electrons. The number of benzene rings is 12. The van der Waals surface area contributed by atoms with E-state index in [9.17, 15) is 17.4 Å². The van der Waals surface area contributed by atoms with Crippen LogP contribution in [-0.2, 0) is 27.1 Å². The maximum absolute atomic E-state index is 11.5. The number of rotatable bonds is 7. The number of fused-ring (bicyclic) bond motifs is 10. The zero-order valence-corrected chi connectivity index (χ0v) is 60.3. The first kappa shape index (κ1) is 56.7. The second kappa shape index (κ2) is 23.2. The second-order valence-electron chi connectivity index (χ2n) is 32.9. The number of hydrogen-bond donors (Lipinski definition) is 0. The van der Waals surface area contributed by atoms with E-state index in [0.29, 0.717) is 5.69 Å². The molecule has 4 heterocycles. The minimum absolute atomic E-state index is 0.0905. The van der Waals surface area contributed by atoms with Crippen LogP contribution in [0.4, 0.5) is 34.1 Å². The van der Waals surface area contributed by atoms with Crippen LogP contribution in [0.3, 0.4) is 0 Å². The van der Waals surface area contributed by atoms with Crippen molar-refractivity contribution in [1.82, 2.24) is 9.13 Å². The molecule has 0 atom stereocenters. The molecule has 0 aliphatic carbocycles. The monoisotopic (exact) mass is 1320 g/mol. The van der Waals surface area contributed by atoms with E-state index in [4.69, 9.17) is 2.74 Å². The van der Waals surface area contributed by atoms with Crippen LogP contribution >= 0.6 is 0 Å². The summed E-state index contributed by atoms with van der Waals surface area (Å²) in [5, 5.41) is 24.1. The minimum Gasteiger partial charge on any atom is -0.311 e. The van der Waals surface area contributed by atoms with Crippen molar-refractivity contribution >= 4 is 101 Å². The van der Waals surface area contributed by atoms with Gasteiger partial charge in [0, 0.05) is 61.4 Å². The molecule has 0 N–H and O–H groups in total. The lowest BCUT2D eigenvalue weighted by atomic mass is 9.33. The first-order valence-electron chi connectivity index (χ1n) is 38.6. The van der Waals surface area contributed by atoms with Crippen LogP contribution in [0.5, 0.6) is 0 Å². The third kappa shape index (κ3) is 10.9. The lowest BCUT2D eigenvalue weighted by Crippen LogP contribution is -2.61. The van der Waals surface area contributed by atoms with E-state index in [0.717, 1.165) is 111 Å². The largest absolute Gasteiger partial charge is 0.311 e. The molecule has 2 aliphatic rings. The Hall–Kier alpha value is -11.1.